The van der Waals surface area contributed by atoms with E-state index in [1.165, 1.54) is 12.8 Å². The molecule has 0 aromatic heterocycles. The van der Waals surface area contributed by atoms with E-state index < -0.39 is 0 Å². The van der Waals surface area contributed by atoms with Crippen molar-refractivity contribution >= 4 is 0 Å². The van der Waals surface area contributed by atoms with Crippen LogP contribution in [-0.2, 0) is 4.74 Å². The minimum atomic E-state index is 0.148. The van der Waals surface area contributed by atoms with Crippen LogP contribution in [0.2, 0.25) is 0 Å². The molecular weight excluding hydrogens is 150 g/mol. The Morgan fingerprint density at radius 2 is 2.33 bits per heavy atom. The van der Waals surface area contributed by atoms with E-state index >= 15 is 0 Å². The number of hydrogen-bond acceptors (Lipinski definition) is 2. The summed E-state index contributed by atoms with van der Waals surface area (Å²) in [5, 5.41) is 0. The number of ether oxygens (including phenoxy) is 1. The molecule has 0 aliphatic heterocycles. The molecule has 0 amide bonds. The van der Waals surface area contributed by atoms with Gasteiger partial charge in [0.05, 0.1) is 6.10 Å². The first-order chi connectivity index (χ1) is 5.79. The zero-order chi connectivity index (χ0) is 8.97. The quantitative estimate of drug-likeness (QED) is 0.614. The van der Waals surface area contributed by atoms with Crippen molar-refractivity contribution in [1.82, 2.24) is 0 Å². The molecule has 0 spiro atoms. The molecule has 1 saturated carbocycles. The fourth-order valence-corrected chi connectivity index (χ4v) is 1.55. The molecule has 2 nitrogen and oxygen atoms in total. The van der Waals surface area contributed by atoms with E-state index in [2.05, 4.69) is 6.58 Å². The largest absolute Gasteiger partial charge is 0.377 e. The third-order valence-electron chi connectivity index (χ3n) is 2.31. The Bertz CT molecular complexity index is 143. The second-order valence-corrected chi connectivity index (χ2v) is 3.45. The molecule has 70 valence electrons. The highest BCUT2D eigenvalue weighted by atomic mass is 16.5. The molecule has 1 rings (SSSR count). The van der Waals surface area contributed by atoms with Crippen LogP contribution in [0.3, 0.4) is 0 Å². The van der Waals surface area contributed by atoms with Gasteiger partial charge in [-0.3, -0.25) is 0 Å². The maximum atomic E-state index is 5.96. The van der Waals surface area contributed by atoms with Gasteiger partial charge in [-0.05, 0) is 32.1 Å². The molecule has 2 N–H and O–H groups in total. The molecule has 2 atom stereocenters. The summed E-state index contributed by atoms with van der Waals surface area (Å²) in [6.45, 7) is 6.48. The van der Waals surface area contributed by atoms with E-state index in [4.69, 9.17) is 10.5 Å². The van der Waals surface area contributed by atoms with Crippen LogP contribution >= 0.6 is 0 Å². The molecule has 0 aromatic carbocycles. The van der Waals surface area contributed by atoms with Crippen molar-refractivity contribution in [3.63, 3.8) is 0 Å². The summed E-state index contributed by atoms with van der Waals surface area (Å²) in [6, 6.07) is 0.148. The number of rotatable bonds is 6. The predicted octanol–water partition coefficient (Wildman–Crippen LogP) is 1.70. The van der Waals surface area contributed by atoms with E-state index in [0.717, 1.165) is 18.9 Å². The van der Waals surface area contributed by atoms with Crippen molar-refractivity contribution < 1.29 is 4.74 Å². The number of hydrogen-bond donors (Lipinski definition) is 1. The third kappa shape index (κ3) is 2.61. The van der Waals surface area contributed by atoms with E-state index in [1.807, 2.05) is 13.0 Å². The molecule has 0 heterocycles. The zero-order valence-electron chi connectivity index (χ0n) is 7.83. The molecule has 0 bridgehead atoms. The molecule has 2 unspecified atom stereocenters. The maximum absolute atomic E-state index is 5.96. The van der Waals surface area contributed by atoms with E-state index in [1.54, 1.807) is 0 Å². The van der Waals surface area contributed by atoms with Crippen molar-refractivity contribution in [3.8, 4) is 0 Å². The first kappa shape index (κ1) is 9.75. The third-order valence-corrected chi connectivity index (χ3v) is 2.31. The predicted molar refractivity (Wildman–Crippen MR) is 50.9 cm³/mol. The Morgan fingerprint density at radius 1 is 1.67 bits per heavy atom. The topological polar surface area (TPSA) is 35.2 Å². The second-order valence-electron chi connectivity index (χ2n) is 3.45. The van der Waals surface area contributed by atoms with Crippen molar-refractivity contribution in [3.05, 3.63) is 12.7 Å². The van der Waals surface area contributed by atoms with Gasteiger partial charge in [-0.1, -0.05) is 6.08 Å². The van der Waals surface area contributed by atoms with Crippen LogP contribution in [0.25, 0.3) is 0 Å². The fourth-order valence-electron chi connectivity index (χ4n) is 1.55. The Labute approximate surface area is 74.8 Å². The van der Waals surface area contributed by atoms with Crippen LogP contribution in [0.1, 0.15) is 26.2 Å². The molecule has 0 saturated heterocycles. The minimum absolute atomic E-state index is 0.148. The van der Waals surface area contributed by atoms with Crippen LogP contribution in [0, 0.1) is 5.92 Å². The lowest BCUT2D eigenvalue weighted by Crippen LogP contribution is -2.38. The molecular formula is C10H19NO. The van der Waals surface area contributed by atoms with Gasteiger partial charge in [0.25, 0.3) is 0 Å². The molecule has 0 radical (unpaired) electrons. The van der Waals surface area contributed by atoms with Crippen LogP contribution in [0.5, 0.6) is 0 Å². The Kier molecular flexibility index (Phi) is 3.76. The van der Waals surface area contributed by atoms with Gasteiger partial charge in [0.15, 0.2) is 0 Å². The summed E-state index contributed by atoms with van der Waals surface area (Å²) in [6.07, 6.45) is 5.58. The lowest BCUT2D eigenvalue weighted by Gasteiger charge is -2.22. The standard InChI is InChI=1S/C10H19NO/c1-3-5-9(11)10(12-4-2)8-6-7-8/h3,8-10H,1,4-7,11H2,2H3. The monoisotopic (exact) mass is 169 g/mol. The van der Waals surface area contributed by atoms with Crippen LogP contribution in [0.15, 0.2) is 12.7 Å². The summed E-state index contributed by atoms with van der Waals surface area (Å²) >= 11 is 0. The fraction of sp³-hybridized carbons (Fsp3) is 0.800. The summed E-state index contributed by atoms with van der Waals surface area (Å²) in [5.74, 6) is 0.722. The summed E-state index contributed by atoms with van der Waals surface area (Å²) in [4.78, 5) is 0. The average Bonchev–Trinajstić information content (AvgIpc) is 2.83. The molecule has 0 aromatic rings. The van der Waals surface area contributed by atoms with Crippen LogP contribution in [-0.4, -0.2) is 18.8 Å². The van der Waals surface area contributed by atoms with Crippen molar-refractivity contribution in [1.29, 1.82) is 0 Å². The first-order valence-corrected chi connectivity index (χ1v) is 4.77. The summed E-state index contributed by atoms with van der Waals surface area (Å²) in [5.41, 5.74) is 5.96. The lowest BCUT2D eigenvalue weighted by molar-refractivity contribution is 0.0294. The number of nitrogens with two attached hydrogens (primary N) is 1. The van der Waals surface area contributed by atoms with Crippen molar-refractivity contribution in [2.75, 3.05) is 6.61 Å². The molecule has 1 fully saturated rings. The average molecular weight is 169 g/mol. The smallest absolute Gasteiger partial charge is 0.0756 e. The Balaban J connectivity index is 2.34. The van der Waals surface area contributed by atoms with Gasteiger partial charge >= 0.3 is 0 Å². The molecule has 2 heteroatoms. The van der Waals surface area contributed by atoms with Gasteiger partial charge in [0.2, 0.25) is 0 Å². The first-order valence-electron chi connectivity index (χ1n) is 4.77. The van der Waals surface area contributed by atoms with E-state index in [9.17, 15) is 0 Å². The SMILES string of the molecule is C=CCC(N)C(OCC)C1CC1. The maximum Gasteiger partial charge on any atom is 0.0756 e. The van der Waals surface area contributed by atoms with Gasteiger partial charge < -0.3 is 10.5 Å². The second kappa shape index (κ2) is 4.63. The molecule has 1 aliphatic rings. The van der Waals surface area contributed by atoms with E-state index in [0.29, 0.717) is 0 Å². The molecule has 12 heavy (non-hydrogen) atoms. The van der Waals surface area contributed by atoms with Gasteiger partial charge in [-0.25, -0.2) is 0 Å². The summed E-state index contributed by atoms with van der Waals surface area (Å²) < 4.78 is 5.61. The van der Waals surface area contributed by atoms with Gasteiger partial charge in [0.1, 0.15) is 0 Å². The van der Waals surface area contributed by atoms with Crippen LogP contribution in [0.4, 0.5) is 0 Å². The van der Waals surface area contributed by atoms with Crippen molar-refractivity contribution in [2.24, 2.45) is 11.7 Å². The Morgan fingerprint density at radius 3 is 2.75 bits per heavy atom. The Hall–Kier alpha value is -0.340. The van der Waals surface area contributed by atoms with Gasteiger partial charge in [0, 0.05) is 12.6 Å². The molecule has 1 aliphatic carbocycles. The highest BCUT2D eigenvalue weighted by Gasteiger charge is 2.35. The van der Waals surface area contributed by atoms with Gasteiger partial charge in [-0.15, -0.1) is 6.58 Å². The highest BCUT2D eigenvalue weighted by molar-refractivity contribution is 4.91. The highest BCUT2D eigenvalue weighted by Crippen LogP contribution is 2.35. The van der Waals surface area contributed by atoms with Crippen LogP contribution < -0.4 is 5.73 Å². The van der Waals surface area contributed by atoms with Gasteiger partial charge in [-0.2, -0.15) is 0 Å². The van der Waals surface area contributed by atoms with E-state index in [-0.39, 0.29) is 12.1 Å². The normalized spacial score (nSPS) is 21.8. The summed E-state index contributed by atoms with van der Waals surface area (Å²) in [7, 11) is 0. The minimum Gasteiger partial charge on any atom is -0.377 e. The zero-order valence-corrected chi connectivity index (χ0v) is 7.83. The lowest BCUT2D eigenvalue weighted by atomic mass is 10.0. The van der Waals surface area contributed by atoms with Crippen molar-refractivity contribution in [2.45, 2.75) is 38.3 Å².